The second kappa shape index (κ2) is 11.0. The molecule has 0 saturated carbocycles. The molecular formula is C22H25BrCl2N2O2. The average molecular weight is 500 g/mol. The van der Waals surface area contributed by atoms with Gasteiger partial charge in [0.1, 0.15) is 6.04 Å². The maximum atomic E-state index is 13.2. The molecule has 2 amide bonds. The van der Waals surface area contributed by atoms with Gasteiger partial charge in [0.2, 0.25) is 11.8 Å². The van der Waals surface area contributed by atoms with Gasteiger partial charge in [-0.3, -0.25) is 9.59 Å². The van der Waals surface area contributed by atoms with E-state index in [1.54, 1.807) is 30.0 Å². The lowest BCUT2D eigenvalue weighted by atomic mass is 10.1. The van der Waals surface area contributed by atoms with E-state index in [-0.39, 0.29) is 18.2 Å². The van der Waals surface area contributed by atoms with Crippen molar-refractivity contribution in [2.45, 2.75) is 39.8 Å². The van der Waals surface area contributed by atoms with Gasteiger partial charge in [0, 0.05) is 27.6 Å². The number of nitrogens with one attached hydrogen (secondary N) is 1. The van der Waals surface area contributed by atoms with E-state index in [2.05, 4.69) is 21.2 Å². The minimum atomic E-state index is -0.619. The summed E-state index contributed by atoms with van der Waals surface area (Å²) in [6, 6.07) is 12.1. The van der Waals surface area contributed by atoms with E-state index in [1.165, 1.54) is 0 Å². The molecule has 0 saturated heterocycles. The predicted octanol–water partition coefficient (Wildman–Crippen LogP) is 5.49. The Hall–Kier alpha value is -1.56. The molecule has 1 atom stereocenters. The van der Waals surface area contributed by atoms with Gasteiger partial charge < -0.3 is 10.2 Å². The summed E-state index contributed by atoms with van der Waals surface area (Å²) >= 11 is 15.7. The van der Waals surface area contributed by atoms with Crippen molar-refractivity contribution in [2.75, 3.05) is 6.54 Å². The first-order valence-electron chi connectivity index (χ1n) is 9.43. The van der Waals surface area contributed by atoms with Gasteiger partial charge in [0.25, 0.3) is 0 Å². The van der Waals surface area contributed by atoms with Crippen LogP contribution in [0, 0.1) is 5.92 Å². The number of rotatable bonds is 8. The first kappa shape index (κ1) is 23.7. The van der Waals surface area contributed by atoms with Crippen LogP contribution in [0.3, 0.4) is 0 Å². The third-order valence-corrected chi connectivity index (χ3v) is 5.53. The van der Waals surface area contributed by atoms with E-state index in [4.69, 9.17) is 23.2 Å². The van der Waals surface area contributed by atoms with Crippen molar-refractivity contribution in [1.29, 1.82) is 0 Å². The topological polar surface area (TPSA) is 49.4 Å². The first-order chi connectivity index (χ1) is 13.7. The number of benzene rings is 2. The fourth-order valence-electron chi connectivity index (χ4n) is 2.80. The number of nitrogens with zero attached hydrogens (tertiary/aromatic N) is 1. The zero-order valence-electron chi connectivity index (χ0n) is 16.7. The van der Waals surface area contributed by atoms with Gasteiger partial charge >= 0.3 is 0 Å². The summed E-state index contributed by atoms with van der Waals surface area (Å²) < 4.78 is 0.917. The van der Waals surface area contributed by atoms with Crippen LogP contribution in [0.4, 0.5) is 0 Å². The number of carbonyl (C=O) groups excluding carboxylic acids is 2. The standard InChI is InChI=1S/C22H25BrCl2N2O2/c1-14(2)12-26-22(29)15(3)27(13-16-5-4-6-18(23)9-16)21(28)10-17-7-8-19(24)11-20(17)25/h4-9,11,14-15H,10,12-13H2,1-3H3,(H,26,29)/t15-/m1/s1. The van der Waals surface area contributed by atoms with E-state index in [1.807, 2.05) is 38.1 Å². The lowest BCUT2D eigenvalue weighted by Crippen LogP contribution is -2.48. The molecule has 0 radical (unpaired) electrons. The normalized spacial score (nSPS) is 12.0. The maximum Gasteiger partial charge on any atom is 0.242 e. The minimum absolute atomic E-state index is 0.0891. The van der Waals surface area contributed by atoms with Gasteiger partial charge in [0.05, 0.1) is 6.42 Å². The zero-order chi connectivity index (χ0) is 21.6. The molecule has 0 spiro atoms. The summed E-state index contributed by atoms with van der Waals surface area (Å²) in [6.45, 7) is 6.68. The highest BCUT2D eigenvalue weighted by Crippen LogP contribution is 2.23. The number of hydrogen-bond acceptors (Lipinski definition) is 2. The van der Waals surface area contributed by atoms with Crippen molar-refractivity contribution in [3.8, 4) is 0 Å². The highest BCUT2D eigenvalue weighted by molar-refractivity contribution is 9.10. The highest BCUT2D eigenvalue weighted by Gasteiger charge is 2.26. The molecule has 0 aliphatic heterocycles. The molecule has 2 aromatic rings. The Balaban J connectivity index is 2.24. The quantitative estimate of drug-likeness (QED) is 0.522. The molecule has 0 heterocycles. The van der Waals surface area contributed by atoms with Crippen molar-refractivity contribution < 1.29 is 9.59 Å². The van der Waals surface area contributed by atoms with E-state index < -0.39 is 6.04 Å². The molecule has 0 unspecified atom stereocenters. The van der Waals surface area contributed by atoms with Crippen molar-refractivity contribution >= 4 is 50.9 Å². The van der Waals surface area contributed by atoms with Crippen LogP contribution in [0.15, 0.2) is 46.9 Å². The molecule has 0 aliphatic rings. The fraction of sp³-hybridized carbons (Fsp3) is 0.364. The van der Waals surface area contributed by atoms with Gasteiger partial charge in [-0.1, -0.05) is 71.2 Å². The van der Waals surface area contributed by atoms with Crippen LogP contribution >= 0.6 is 39.1 Å². The Morgan fingerprint density at radius 3 is 2.45 bits per heavy atom. The van der Waals surface area contributed by atoms with Crippen LogP contribution in [-0.2, 0) is 22.6 Å². The lowest BCUT2D eigenvalue weighted by molar-refractivity contribution is -0.140. The summed E-state index contributed by atoms with van der Waals surface area (Å²) in [7, 11) is 0. The van der Waals surface area contributed by atoms with Gasteiger partial charge in [-0.2, -0.15) is 0 Å². The van der Waals surface area contributed by atoms with Gasteiger partial charge in [-0.25, -0.2) is 0 Å². The first-order valence-corrected chi connectivity index (χ1v) is 11.0. The fourth-order valence-corrected chi connectivity index (χ4v) is 3.72. The van der Waals surface area contributed by atoms with E-state index in [0.29, 0.717) is 34.6 Å². The molecule has 0 aromatic heterocycles. The average Bonchev–Trinajstić information content (AvgIpc) is 2.65. The Kier molecular flexibility index (Phi) is 9.00. The van der Waals surface area contributed by atoms with Gasteiger partial charge in [-0.05, 0) is 48.2 Å². The van der Waals surface area contributed by atoms with Crippen molar-refractivity contribution in [3.63, 3.8) is 0 Å². The molecule has 2 rings (SSSR count). The van der Waals surface area contributed by atoms with Crippen LogP contribution < -0.4 is 5.32 Å². The second-order valence-electron chi connectivity index (χ2n) is 7.38. The number of hydrogen-bond donors (Lipinski definition) is 1. The van der Waals surface area contributed by atoms with Crippen molar-refractivity contribution in [2.24, 2.45) is 5.92 Å². The SMILES string of the molecule is CC(C)CNC(=O)[C@@H](C)N(Cc1cccc(Br)c1)C(=O)Cc1ccc(Cl)cc1Cl. The summed E-state index contributed by atoms with van der Waals surface area (Å²) in [5.41, 5.74) is 1.61. The van der Waals surface area contributed by atoms with Crippen LogP contribution in [0.2, 0.25) is 10.0 Å². The second-order valence-corrected chi connectivity index (χ2v) is 9.14. The summed E-state index contributed by atoms with van der Waals surface area (Å²) in [5, 5.41) is 3.86. The number of halogens is 3. The molecule has 4 nitrogen and oxygen atoms in total. The van der Waals surface area contributed by atoms with E-state index in [9.17, 15) is 9.59 Å². The number of carbonyl (C=O) groups is 2. The van der Waals surface area contributed by atoms with E-state index >= 15 is 0 Å². The molecule has 7 heteroatoms. The Morgan fingerprint density at radius 2 is 1.83 bits per heavy atom. The van der Waals surface area contributed by atoms with E-state index in [0.717, 1.165) is 10.0 Å². The monoisotopic (exact) mass is 498 g/mol. The van der Waals surface area contributed by atoms with Crippen LogP contribution in [0.5, 0.6) is 0 Å². The van der Waals surface area contributed by atoms with Crippen molar-refractivity contribution in [1.82, 2.24) is 10.2 Å². The molecule has 2 aromatic carbocycles. The molecular weight excluding hydrogens is 475 g/mol. The van der Waals surface area contributed by atoms with Crippen LogP contribution in [0.1, 0.15) is 31.9 Å². The largest absolute Gasteiger partial charge is 0.354 e. The summed E-state index contributed by atoms with van der Waals surface area (Å²) in [4.78, 5) is 27.4. The maximum absolute atomic E-state index is 13.2. The predicted molar refractivity (Wildman–Crippen MR) is 122 cm³/mol. The third kappa shape index (κ3) is 7.32. The minimum Gasteiger partial charge on any atom is -0.354 e. The Morgan fingerprint density at radius 1 is 1.10 bits per heavy atom. The van der Waals surface area contributed by atoms with Gasteiger partial charge in [0.15, 0.2) is 0 Å². The third-order valence-electron chi connectivity index (χ3n) is 4.45. The molecule has 0 fully saturated rings. The Bertz CT molecular complexity index is 874. The molecule has 156 valence electrons. The number of amides is 2. The van der Waals surface area contributed by atoms with Crippen LogP contribution in [0.25, 0.3) is 0 Å². The zero-order valence-corrected chi connectivity index (χ0v) is 19.8. The lowest BCUT2D eigenvalue weighted by Gasteiger charge is -2.29. The highest BCUT2D eigenvalue weighted by atomic mass is 79.9. The molecule has 0 bridgehead atoms. The molecule has 1 N–H and O–H groups in total. The summed E-state index contributed by atoms with van der Waals surface area (Å²) in [6.07, 6.45) is 0.0891. The van der Waals surface area contributed by atoms with Gasteiger partial charge in [-0.15, -0.1) is 0 Å². The Labute approximate surface area is 190 Å². The summed E-state index contributed by atoms with van der Waals surface area (Å²) in [5.74, 6) is -0.0288. The van der Waals surface area contributed by atoms with Crippen molar-refractivity contribution in [3.05, 3.63) is 68.1 Å². The smallest absolute Gasteiger partial charge is 0.242 e. The van der Waals surface area contributed by atoms with Crippen LogP contribution in [-0.4, -0.2) is 29.3 Å². The molecule has 29 heavy (non-hydrogen) atoms. The molecule has 0 aliphatic carbocycles.